The van der Waals surface area contributed by atoms with Crippen LogP contribution < -0.4 is 21.7 Å². The predicted octanol–water partition coefficient (Wildman–Crippen LogP) is 2.56. The molecule has 0 aliphatic heterocycles. The van der Waals surface area contributed by atoms with Crippen LogP contribution in [0.2, 0.25) is 0 Å². The summed E-state index contributed by atoms with van der Waals surface area (Å²) in [6.45, 7) is 12.3. The summed E-state index contributed by atoms with van der Waals surface area (Å²) in [6, 6.07) is 5.99. The van der Waals surface area contributed by atoms with Gasteiger partial charge in [-0.3, -0.25) is 19.2 Å². The minimum atomic E-state index is -1.15. The maximum absolute atomic E-state index is 13.2. The number of esters is 1. The molecule has 1 aromatic carbocycles. The average molecular weight is 549 g/mol. The van der Waals surface area contributed by atoms with Crippen molar-refractivity contribution in [3.05, 3.63) is 35.9 Å². The van der Waals surface area contributed by atoms with E-state index >= 15 is 0 Å². The summed E-state index contributed by atoms with van der Waals surface area (Å²) in [5.74, 6) is -3.19. The van der Waals surface area contributed by atoms with Crippen molar-refractivity contribution in [1.29, 1.82) is 0 Å². The number of hydrogen-bond donors (Lipinski definition) is 4. The zero-order valence-electron chi connectivity index (χ0n) is 24.0. The first-order valence-corrected chi connectivity index (χ1v) is 13.2. The highest BCUT2D eigenvalue weighted by molar-refractivity contribution is 5.94. The van der Waals surface area contributed by atoms with E-state index in [9.17, 15) is 24.0 Å². The number of benzene rings is 1. The summed E-state index contributed by atoms with van der Waals surface area (Å²) in [6.07, 6.45) is -0.379. The lowest BCUT2D eigenvalue weighted by atomic mass is 9.96. The van der Waals surface area contributed by atoms with Gasteiger partial charge in [0.1, 0.15) is 30.3 Å². The van der Waals surface area contributed by atoms with Gasteiger partial charge in [-0.25, -0.2) is 4.79 Å². The molecule has 0 bridgehead atoms. The van der Waals surface area contributed by atoms with E-state index in [0.717, 1.165) is 5.56 Å². The fourth-order valence-corrected chi connectivity index (χ4v) is 3.53. The summed E-state index contributed by atoms with van der Waals surface area (Å²) in [5, 5.41) is 7.81. The molecule has 4 atom stereocenters. The van der Waals surface area contributed by atoms with E-state index in [-0.39, 0.29) is 31.3 Å². The van der Waals surface area contributed by atoms with E-state index in [2.05, 4.69) is 16.0 Å². The first-order chi connectivity index (χ1) is 18.1. The van der Waals surface area contributed by atoms with Crippen molar-refractivity contribution in [3.63, 3.8) is 0 Å². The van der Waals surface area contributed by atoms with Crippen molar-refractivity contribution in [1.82, 2.24) is 16.0 Å². The second-order valence-electron chi connectivity index (χ2n) is 10.9. The summed E-state index contributed by atoms with van der Waals surface area (Å²) in [4.78, 5) is 62.8. The Morgan fingerprint density at radius 3 is 2.00 bits per heavy atom. The molecule has 0 fully saturated rings. The molecular formula is C28H44N4O7. The molecule has 0 radical (unpaired) electrons. The van der Waals surface area contributed by atoms with Gasteiger partial charge in [0, 0.05) is 6.42 Å². The second-order valence-corrected chi connectivity index (χ2v) is 10.9. The van der Waals surface area contributed by atoms with Gasteiger partial charge in [0.05, 0.1) is 0 Å². The van der Waals surface area contributed by atoms with E-state index in [1.807, 2.05) is 37.3 Å². The van der Waals surface area contributed by atoms with Gasteiger partial charge in [0.15, 0.2) is 0 Å². The Morgan fingerprint density at radius 2 is 1.49 bits per heavy atom. The Bertz CT molecular complexity index is 976. The SMILES string of the molecule is CC[C@H](C)[C@H](NC(=O)OC(C)(C)C)C(=O)N[C@@H](C(=O)N[C@@H](CCC(=O)OCc1ccccc1)C(N)=O)C(C)C. The highest BCUT2D eigenvalue weighted by Gasteiger charge is 2.33. The molecular weight excluding hydrogens is 504 g/mol. The average Bonchev–Trinajstić information content (AvgIpc) is 2.85. The number of nitrogens with two attached hydrogens (primary N) is 1. The lowest BCUT2D eigenvalue weighted by Gasteiger charge is -2.29. The van der Waals surface area contributed by atoms with E-state index in [1.54, 1.807) is 41.5 Å². The maximum atomic E-state index is 13.2. The van der Waals surface area contributed by atoms with Gasteiger partial charge in [0.2, 0.25) is 17.7 Å². The number of alkyl carbamates (subject to hydrolysis) is 1. The molecule has 1 rings (SSSR count). The normalized spacial score (nSPS) is 14.4. The third kappa shape index (κ3) is 12.6. The largest absolute Gasteiger partial charge is 0.461 e. The Morgan fingerprint density at radius 1 is 0.897 bits per heavy atom. The number of rotatable bonds is 14. The molecule has 0 unspecified atom stereocenters. The molecule has 0 saturated heterocycles. The summed E-state index contributed by atoms with van der Waals surface area (Å²) < 4.78 is 10.5. The van der Waals surface area contributed by atoms with Crippen molar-refractivity contribution in [2.24, 2.45) is 17.6 Å². The predicted molar refractivity (Wildman–Crippen MR) is 146 cm³/mol. The van der Waals surface area contributed by atoms with Crippen LogP contribution in [0, 0.1) is 11.8 Å². The summed E-state index contributed by atoms with van der Waals surface area (Å²) >= 11 is 0. The van der Waals surface area contributed by atoms with Gasteiger partial charge >= 0.3 is 12.1 Å². The molecule has 11 heteroatoms. The monoisotopic (exact) mass is 548 g/mol. The van der Waals surface area contributed by atoms with Crippen LogP contribution in [0.4, 0.5) is 4.79 Å². The van der Waals surface area contributed by atoms with Gasteiger partial charge in [-0.15, -0.1) is 0 Å². The molecule has 39 heavy (non-hydrogen) atoms. The molecule has 0 aromatic heterocycles. The number of primary amides is 1. The minimum absolute atomic E-state index is 0.0663. The lowest BCUT2D eigenvalue weighted by molar-refractivity contribution is -0.145. The Kier molecular flexibility index (Phi) is 13.4. The number of amides is 4. The van der Waals surface area contributed by atoms with Gasteiger partial charge in [-0.2, -0.15) is 0 Å². The first kappa shape index (κ1) is 33.4. The Labute approximate surface area is 230 Å². The second kappa shape index (κ2) is 15.7. The van der Waals surface area contributed by atoms with E-state index in [4.69, 9.17) is 15.2 Å². The molecule has 0 spiro atoms. The number of ether oxygens (including phenoxy) is 2. The quantitative estimate of drug-likeness (QED) is 0.259. The van der Waals surface area contributed by atoms with Crippen molar-refractivity contribution in [2.75, 3.05) is 0 Å². The van der Waals surface area contributed by atoms with Crippen LogP contribution in [-0.4, -0.2) is 53.5 Å². The molecule has 11 nitrogen and oxygen atoms in total. The maximum Gasteiger partial charge on any atom is 0.408 e. The Balaban J connectivity index is 2.82. The van der Waals surface area contributed by atoms with Crippen molar-refractivity contribution in [3.8, 4) is 0 Å². The van der Waals surface area contributed by atoms with Crippen LogP contribution >= 0.6 is 0 Å². The smallest absolute Gasteiger partial charge is 0.408 e. The zero-order valence-corrected chi connectivity index (χ0v) is 24.0. The van der Waals surface area contributed by atoms with Crippen LogP contribution in [0.5, 0.6) is 0 Å². The molecule has 4 amide bonds. The van der Waals surface area contributed by atoms with E-state index < -0.39 is 53.5 Å². The molecule has 1 aromatic rings. The summed E-state index contributed by atoms with van der Waals surface area (Å²) in [5.41, 5.74) is 5.54. The lowest BCUT2D eigenvalue weighted by Crippen LogP contribution is -2.59. The van der Waals surface area contributed by atoms with E-state index in [1.165, 1.54) is 0 Å². The van der Waals surface area contributed by atoms with Crippen LogP contribution in [-0.2, 0) is 35.3 Å². The topological polar surface area (TPSA) is 166 Å². The van der Waals surface area contributed by atoms with Gasteiger partial charge in [-0.1, -0.05) is 64.4 Å². The van der Waals surface area contributed by atoms with Gasteiger partial charge in [-0.05, 0) is 44.6 Å². The molecule has 0 aliphatic rings. The van der Waals surface area contributed by atoms with Crippen molar-refractivity contribution >= 4 is 29.8 Å². The van der Waals surface area contributed by atoms with Crippen molar-refractivity contribution < 1.29 is 33.4 Å². The fourth-order valence-electron chi connectivity index (χ4n) is 3.53. The summed E-state index contributed by atoms with van der Waals surface area (Å²) in [7, 11) is 0. The fraction of sp³-hybridized carbons (Fsp3) is 0.607. The molecule has 0 saturated carbocycles. The highest BCUT2D eigenvalue weighted by atomic mass is 16.6. The van der Waals surface area contributed by atoms with Crippen molar-refractivity contribution in [2.45, 2.75) is 98.1 Å². The number of carbonyl (C=O) groups excluding carboxylic acids is 5. The van der Waals surface area contributed by atoms with Crippen LogP contribution in [0.15, 0.2) is 30.3 Å². The molecule has 5 N–H and O–H groups in total. The standard InChI is InChI=1S/C28H44N4O7/c1-8-18(4)23(32-27(37)39-28(5,6)7)26(36)31-22(17(2)3)25(35)30-20(24(29)34)14-15-21(33)38-16-19-12-10-9-11-13-19/h9-13,17-18,20,22-23H,8,14-16H2,1-7H3,(H2,29,34)(H,30,35)(H,31,36)(H,32,37)/t18-,20-,22+,23-/m0/s1. The van der Waals surface area contributed by atoms with Crippen LogP contribution in [0.25, 0.3) is 0 Å². The molecule has 0 aliphatic carbocycles. The zero-order chi connectivity index (χ0) is 29.8. The third-order valence-electron chi connectivity index (χ3n) is 5.95. The van der Waals surface area contributed by atoms with E-state index in [0.29, 0.717) is 6.42 Å². The van der Waals surface area contributed by atoms with Gasteiger partial charge in [0.25, 0.3) is 0 Å². The number of hydrogen-bond acceptors (Lipinski definition) is 7. The Hall–Kier alpha value is -3.63. The van der Waals surface area contributed by atoms with Gasteiger partial charge < -0.3 is 31.2 Å². The van der Waals surface area contributed by atoms with Crippen LogP contribution in [0.1, 0.15) is 73.3 Å². The molecule has 0 heterocycles. The third-order valence-corrected chi connectivity index (χ3v) is 5.95. The highest BCUT2D eigenvalue weighted by Crippen LogP contribution is 2.13. The molecule has 218 valence electrons. The van der Waals surface area contributed by atoms with Crippen LogP contribution in [0.3, 0.4) is 0 Å². The number of nitrogens with one attached hydrogen (secondary N) is 3. The minimum Gasteiger partial charge on any atom is -0.461 e. The first-order valence-electron chi connectivity index (χ1n) is 13.2. The number of carbonyl (C=O) groups is 5.